The van der Waals surface area contributed by atoms with Gasteiger partial charge in [0.1, 0.15) is 0 Å². The SMILES string of the molecule is CC(C)[NH][Al]([NH]C(C)C)[NH]C(C)C. The summed E-state index contributed by atoms with van der Waals surface area (Å²) in [6.07, 6.45) is 0. The summed E-state index contributed by atoms with van der Waals surface area (Å²) in [5.74, 6) is 0. The molecule has 0 aliphatic heterocycles. The zero-order valence-corrected chi connectivity index (χ0v) is 11.0. The lowest BCUT2D eigenvalue weighted by atomic mass is 10.4. The van der Waals surface area contributed by atoms with Gasteiger partial charge in [-0.1, -0.05) is 41.5 Å². The van der Waals surface area contributed by atoms with Gasteiger partial charge in [-0.05, 0) is 18.1 Å². The van der Waals surface area contributed by atoms with E-state index in [9.17, 15) is 0 Å². The molecule has 0 rings (SSSR count). The highest BCUT2D eigenvalue weighted by Gasteiger charge is 2.23. The molecule has 0 saturated carbocycles. The van der Waals surface area contributed by atoms with Gasteiger partial charge in [-0.15, -0.1) is 0 Å². The molecule has 0 spiro atoms. The van der Waals surface area contributed by atoms with Gasteiger partial charge in [0.25, 0.3) is 0 Å². The third-order valence-corrected chi connectivity index (χ3v) is 4.50. The van der Waals surface area contributed by atoms with Crippen LogP contribution in [-0.2, 0) is 0 Å². The van der Waals surface area contributed by atoms with Crippen molar-refractivity contribution in [3.05, 3.63) is 0 Å². The molecule has 13 heavy (non-hydrogen) atoms. The molecule has 0 bridgehead atoms. The first-order valence-corrected chi connectivity index (χ1v) is 6.93. The Morgan fingerprint density at radius 3 is 1.00 bits per heavy atom. The molecule has 0 fully saturated rings. The molecule has 4 heteroatoms. The monoisotopic (exact) mass is 201 g/mol. The summed E-state index contributed by atoms with van der Waals surface area (Å²) < 4.78 is 10.7. The Balaban J connectivity index is 3.87. The molecule has 0 radical (unpaired) electrons. The lowest BCUT2D eigenvalue weighted by Crippen LogP contribution is -2.63. The van der Waals surface area contributed by atoms with E-state index >= 15 is 0 Å². The van der Waals surface area contributed by atoms with Gasteiger partial charge >= 0.3 is 14.8 Å². The Kier molecular flexibility index (Phi) is 7.02. The van der Waals surface area contributed by atoms with Gasteiger partial charge in [-0.2, -0.15) is 0 Å². The van der Waals surface area contributed by atoms with Gasteiger partial charge in [0.05, 0.1) is 0 Å². The average molecular weight is 201 g/mol. The smallest absolute Gasteiger partial charge is 0.369 e. The second-order valence-electron chi connectivity index (χ2n) is 4.40. The second kappa shape index (κ2) is 6.81. The van der Waals surface area contributed by atoms with Crippen LogP contribution in [0.25, 0.3) is 0 Å². The zero-order valence-electron chi connectivity index (χ0n) is 9.81. The normalized spacial score (nSPS) is 11.8. The van der Waals surface area contributed by atoms with E-state index in [1.165, 1.54) is 0 Å². The van der Waals surface area contributed by atoms with E-state index in [-0.39, 0.29) is 0 Å². The molecule has 0 aliphatic rings. The lowest BCUT2D eigenvalue weighted by molar-refractivity contribution is 0.628. The minimum absolute atomic E-state index is 0.550. The van der Waals surface area contributed by atoms with Crippen molar-refractivity contribution in [2.45, 2.75) is 59.7 Å². The van der Waals surface area contributed by atoms with Gasteiger partial charge < -0.3 is 12.9 Å². The van der Waals surface area contributed by atoms with Crippen LogP contribution in [0.2, 0.25) is 0 Å². The van der Waals surface area contributed by atoms with E-state index in [4.69, 9.17) is 0 Å². The van der Waals surface area contributed by atoms with Crippen LogP contribution in [0.5, 0.6) is 0 Å². The topological polar surface area (TPSA) is 36.1 Å². The summed E-state index contributed by atoms with van der Waals surface area (Å²) >= 11 is -1.16. The van der Waals surface area contributed by atoms with Crippen LogP contribution < -0.4 is 12.9 Å². The van der Waals surface area contributed by atoms with Gasteiger partial charge in [-0.3, -0.25) is 0 Å². The van der Waals surface area contributed by atoms with E-state index in [0.717, 1.165) is 0 Å². The number of hydrogen-bond acceptors (Lipinski definition) is 3. The third-order valence-electron chi connectivity index (χ3n) is 1.50. The van der Waals surface area contributed by atoms with Crippen molar-refractivity contribution >= 4 is 14.8 Å². The fraction of sp³-hybridized carbons (Fsp3) is 1.00. The largest absolute Gasteiger partial charge is 0.600 e. The Morgan fingerprint density at radius 1 is 0.615 bits per heavy atom. The fourth-order valence-corrected chi connectivity index (χ4v) is 3.43. The van der Waals surface area contributed by atoms with Gasteiger partial charge in [-0.25, -0.2) is 0 Å². The van der Waals surface area contributed by atoms with Crippen LogP contribution in [0.15, 0.2) is 0 Å². The lowest BCUT2D eigenvalue weighted by Gasteiger charge is -2.22. The van der Waals surface area contributed by atoms with Gasteiger partial charge in [0, 0.05) is 0 Å². The van der Waals surface area contributed by atoms with Crippen molar-refractivity contribution in [3.63, 3.8) is 0 Å². The maximum atomic E-state index is 3.56. The molecule has 0 unspecified atom stereocenters. The first kappa shape index (κ1) is 13.4. The maximum Gasteiger partial charge on any atom is 0.600 e. The Hall–Kier alpha value is 0.412. The summed E-state index contributed by atoms with van der Waals surface area (Å²) in [7, 11) is 0. The van der Waals surface area contributed by atoms with Crippen molar-refractivity contribution in [2.75, 3.05) is 0 Å². The van der Waals surface area contributed by atoms with Crippen molar-refractivity contribution in [3.8, 4) is 0 Å². The van der Waals surface area contributed by atoms with Crippen molar-refractivity contribution in [1.29, 1.82) is 0 Å². The van der Waals surface area contributed by atoms with E-state index in [2.05, 4.69) is 54.4 Å². The van der Waals surface area contributed by atoms with Crippen LogP contribution in [0.4, 0.5) is 0 Å². The first-order chi connectivity index (χ1) is 5.91. The van der Waals surface area contributed by atoms with E-state index in [1.54, 1.807) is 0 Å². The highest BCUT2D eigenvalue weighted by atomic mass is 27.2. The molecule has 0 saturated heterocycles. The molecule has 0 aliphatic carbocycles. The molecule has 0 aromatic heterocycles. The molecular formula is C9H24AlN3. The average Bonchev–Trinajstić information content (AvgIpc) is 1.80. The highest BCUT2D eigenvalue weighted by molar-refractivity contribution is 6.50. The molecule has 78 valence electrons. The molecular weight excluding hydrogens is 177 g/mol. The predicted molar refractivity (Wildman–Crippen MR) is 60.6 cm³/mol. The Labute approximate surface area is 87.7 Å². The van der Waals surface area contributed by atoms with Crippen molar-refractivity contribution in [1.82, 2.24) is 12.9 Å². The van der Waals surface area contributed by atoms with Crippen LogP contribution in [0.1, 0.15) is 41.5 Å². The number of hydrogen-bond donors (Lipinski definition) is 3. The second-order valence-corrected chi connectivity index (χ2v) is 6.26. The molecule has 0 atom stereocenters. The van der Waals surface area contributed by atoms with Crippen LogP contribution in [0, 0.1) is 0 Å². The third kappa shape index (κ3) is 8.73. The fourth-order valence-electron chi connectivity index (χ4n) is 1.14. The summed E-state index contributed by atoms with van der Waals surface area (Å²) in [5.41, 5.74) is 0. The summed E-state index contributed by atoms with van der Waals surface area (Å²) in [4.78, 5) is 0. The Morgan fingerprint density at radius 2 is 0.846 bits per heavy atom. The van der Waals surface area contributed by atoms with Crippen molar-refractivity contribution < 1.29 is 0 Å². The minimum Gasteiger partial charge on any atom is -0.369 e. The zero-order chi connectivity index (χ0) is 10.4. The number of rotatable bonds is 6. The Bertz CT molecular complexity index is 102. The predicted octanol–water partition coefficient (Wildman–Crippen LogP) is 0.965. The van der Waals surface area contributed by atoms with E-state index in [1.807, 2.05) is 0 Å². The maximum absolute atomic E-state index is 3.56. The van der Waals surface area contributed by atoms with Crippen LogP contribution in [-0.4, -0.2) is 32.9 Å². The molecule has 0 aromatic carbocycles. The van der Waals surface area contributed by atoms with E-state index < -0.39 is 14.8 Å². The first-order valence-electron chi connectivity index (χ1n) is 5.20. The molecule has 0 aromatic rings. The molecule has 0 amide bonds. The van der Waals surface area contributed by atoms with Crippen molar-refractivity contribution in [2.24, 2.45) is 0 Å². The highest BCUT2D eigenvalue weighted by Crippen LogP contribution is 1.84. The molecule has 0 heterocycles. The minimum atomic E-state index is -1.16. The summed E-state index contributed by atoms with van der Waals surface area (Å²) in [6.45, 7) is 13.1. The molecule has 3 N–H and O–H groups in total. The van der Waals surface area contributed by atoms with Crippen LogP contribution >= 0.6 is 0 Å². The van der Waals surface area contributed by atoms with E-state index in [0.29, 0.717) is 18.1 Å². The van der Waals surface area contributed by atoms with Gasteiger partial charge in [0.15, 0.2) is 0 Å². The van der Waals surface area contributed by atoms with Gasteiger partial charge in [0.2, 0.25) is 0 Å². The standard InChI is InChI=1S/3C3H8N.Al/c3*1-3(2)4;/h3*3-4H,1-2H3;/q3*-1;+3. The summed E-state index contributed by atoms with van der Waals surface area (Å²) in [6, 6.07) is 1.65. The quantitative estimate of drug-likeness (QED) is 0.560. The number of nitrogens with one attached hydrogen (secondary N) is 3. The summed E-state index contributed by atoms with van der Waals surface area (Å²) in [5, 5.41) is 0. The van der Waals surface area contributed by atoms with Crippen LogP contribution in [0.3, 0.4) is 0 Å². The molecule has 3 nitrogen and oxygen atoms in total.